The van der Waals surface area contributed by atoms with Gasteiger partial charge in [0.2, 0.25) is 0 Å². The van der Waals surface area contributed by atoms with Crippen LogP contribution < -0.4 is 19.7 Å². The number of halogens is 1. The van der Waals surface area contributed by atoms with Crippen molar-refractivity contribution in [3.05, 3.63) is 47.9 Å². The summed E-state index contributed by atoms with van der Waals surface area (Å²) < 4.78 is 46.4. The van der Waals surface area contributed by atoms with Gasteiger partial charge in [0.1, 0.15) is 41.6 Å². The van der Waals surface area contributed by atoms with Crippen molar-refractivity contribution in [3.8, 4) is 23.0 Å². The van der Waals surface area contributed by atoms with Crippen LogP contribution in [-0.2, 0) is 20.6 Å². The smallest absolute Gasteiger partial charge is 0.410 e. The van der Waals surface area contributed by atoms with Crippen LogP contribution >= 0.6 is 0 Å². The molecule has 6 heterocycles. The summed E-state index contributed by atoms with van der Waals surface area (Å²) in [6.07, 6.45) is 6.88. The van der Waals surface area contributed by atoms with E-state index in [1.54, 1.807) is 20.4 Å². The van der Waals surface area contributed by atoms with E-state index in [-0.39, 0.29) is 53.8 Å². The lowest BCUT2D eigenvalue weighted by Crippen LogP contribution is -2.57. The number of piperazine rings is 1. The minimum absolute atomic E-state index is 0.0350. The molecule has 2 bridgehead atoms. The van der Waals surface area contributed by atoms with Gasteiger partial charge >= 0.3 is 18.2 Å². The van der Waals surface area contributed by atoms with E-state index in [1.165, 1.54) is 0 Å². The van der Waals surface area contributed by atoms with Crippen molar-refractivity contribution < 1.29 is 37.7 Å². The van der Waals surface area contributed by atoms with E-state index in [4.69, 9.17) is 38.6 Å². The summed E-state index contributed by atoms with van der Waals surface area (Å²) in [6.45, 7) is 10.2. The Morgan fingerprint density at radius 3 is 2.57 bits per heavy atom. The van der Waals surface area contributed by atoms with Gasteiger partial charge in [-0.15, -0.1) is 0 Å². The van der Waals surface area contributed by atoms with Crippen molar-refractivity contribution in [1.82, 2.24) is 30.1 Å². The van der Waals surface area contributed by atoms with Crippen molar-refractivity contribution in [2.24, 2.45) is 0 Å². The highest BCUT2D eigenvalue weighted by atomic mass is 19.1. The van der Waals surface area contributed by atoms with Gasteiger partial charge in [-0.2, -0.15) is 9.97 Å². The first-order chi connectivity index (χ1) is 27.9. The van der Waals surface area contributed by atoms with Crippen LogP contribution in [0.25, 0.3) is 32.9 Å². The lowest BCUT2D eigenvalue weighted by molar-refractivity contribution is 0.0122. The van der Waals surface area contributed by atoms with Crippen LogP contribution in [0.15, 0.2) is 36.5 Å². The molecule has 4 fully saturated rings. The van der Waals surface area contributed by atoms with Gasteiger partial charge in [0.25, 0.3) is 0 Å². The number of aromatic nitrogens is 3. The summed E-state index contributed by atoms with van der Waals surface area (Å²) in [5.74, 6) is 0.449. The minimum atomic E-state index is -0.618. The number of nitrogens with zero attached hydrogens (tertiary/aromatic N) is 6. The standard InChI is InChI=1S/C43H54FN7O7/c1-7-26-10-8-11-27-18-31(57-25-54-6)19-32(34(26)27)36-35(44)37-33(20-46-36)38(49-21-28-12-13-29(22-49)51(28)41(53)58-42(2,3)4)48-39(47-37)56-24-43-15-9-17-50(43)30(14-16-43)23-55-40(52)45-5/h8,10-11,18-20,28-30H,7,9,12-17,21-25H2,1-6H3,(H,45,52)/t28-,29+,30?,43?. The summed E-state index contributed by atoms with van der Waals surface area (Å²) in [6, 6.07) is 9.69. The lowest BCUT2D eigenvalue weighted by Gasteiger charge is -2.42. The van der Waals surface area contributed by atoms with Gasteiger partial charge in [0.15, 0.2) is 12.6 Å². The molecule has 0 radical (unpaired) electrons. The van der Waals surface area contributed by atoms with Crippen LogP contribution in [0.2, 0.25) is 0 Å². The zero-order chi connectivity index (χ0) is 40.8. The van der Waals surface area contributed by atoms with Crippen molar-refractivity contribution in [2.45, 2.75) is 102 Å². The summed E-state index contributed by atoms with van der Waals surface area (Å²) >= 11 is 0. The van der Waals surface area contributed by atoms with Gasteiger partial charge in [-0.25, -0.2) is 14.0 Å². The average Bonchev–Trinajstić information content (AvgIpc) is 3.86. The molecular weight excluding hydrogens is 746 g/mol. The number of methoxy groups -OCH3 is 1. The number of anilines is 1. The fourth-order valence-electron chi connectivity index (χ4n) is 9.61. The number of hydrogen-bond donors (Lipinski definition) is 1. The maximum absolute atomic E-state index is 17.5. The number of pyridine rings is 1. The number of rotatable bonds is 11. The van der Waals surface area contributed by atoms with Crippen molar-refractivity contribution in [1.29, 1.82) is 0 Å². The fraction of sp³-hybridized carbons (Fsp3) is 0.558. The molecule has 14 nitrogen and oxygen atoms in total. The second-order valence-electron chi connectivity index (χ2n) is 16.9. The lowest BCUT2D eigenvalue weighted by atomic mass is 9.95. The predicted molar refractivity (Wildman–Crippen MR) is 217 cm³/mol. The highest BCUT2D eigenvalue weighted by Crippen LogP contribution is 2.44. The summed E-state index contributed by atoms with van der Waals surface area (Å²) in [4.78, 5) is 46.3. The number of carbonyl (C=O) groups is 2. The summed E-state index contributed by atoms with van der Waals surface area (Å²) in [7, 11) is 3.10. The van der Waals surface area contributed by atoms with E-state index < -0.39 is 17.5 Å². The van der Waals surface area contributed by atoms with E-state index >= 15 is 4.39 Å². The van der Waals surface area contributed by atoms with Gasteiger partial charge in [0, 0.05) is 45.0 Å². The SMILES string of the molecule is CCc1cccc2cc(OCOC)cc(-c3ncc4c(N5C[C@H]6CC[C@@H](C5)N6C(=O)OC(C)(C)C)nc(OCC56CCCN5C(COC(=O)NC)CC6)nc4c3F)c12. The molecule has 2 aromatic carbocycles. The van der Waals surface area contributed by atoms with Gasteiger partial charge in [-0.05, 0) is 101 Å². The Labute approximate surface area is 338 Å². The molecule has 0 spiro atoms. The van der Waals surface area contributed by atoms with Crippen LogP contribution in [0, 0.1) is 5.82 Å². The Balaban J connectivity index is 1.19. The Bertz CT molecular complexity index is 2190. The quantitative estimate of drug-likeness (QED) is 0.159. The molecule has 2 aromatic heterocycles. The van der Waals surface area contributed by atoms with Gasteiger partial charge < -0.3 is 33.9 Å². The number of nitrogens with one attached hydrogen (secondary N) is 1. The molecule has 2 amide bonds. The molecular formula is C43H54FN7O7. The largest absolute Gasteiger partial charge is 0.468 e. The van der Waals surface area contributed by atoms with E-state index in [2.05, 4.69) is 22.0 Å². The first-order valence-electron chi connectivity index (χ1n) is 20.5. The minimum Gasteiger partial charge on any atom is -0.468 e. The first kappa shape index (κ1) is 39.8. The molecule has 8 rings (SSSR count). The van der Waals surface area contributed by atoms with Gasteiger partial charge in [-0.1, -0.05) is 25.1 Å². The van der Waals surface area contributed by atoms with Crippen molar-refractivity contribution in [3.63, 3.8) is 0 Å². The molecule has 4 aliphatic rings. The fourth-order valence-corrected chi connectivity index (χ4v) is 9.61. The number of ether oxygens (including phenoxy) is 5. The third-order valence-electron chi connectivity index (χ3n) is 12.2. The molecule has 310 valence electrons. The number of hydrogen-bond acceptors (Lipinski definition) is 12. The number of carbonyl (C=O) groups excluding carboxylic acids is 2. The van der Waals surface area contributed by atoms with E-state index in [1.807, 2.05) is 56.0 Å². The van der Waals surface area contributed by atoms with Gasteiger partial charge in [-0.3, -0.25) is 14.8 Å². The molecule has 4 atom stereocenters. The molecule has 2 unspecified atom stereocenters. The predicted octanol–water partition coefficient (Wildman–Crippen LogP) is 6.85. The van der Waals surface area contributed by atoms with Crippen LogP contribution in [0.3, 0.4) is 0 Å². The van der Waals surface area contributed by atoms with Crippen LogP contribution in [0.4, 0.5) is 19.8 Å². The molecule has 15 heteroatoms. The first-order valence-corrected chi connectivity index (χ1v) is 20.5. The molecule has 4 aliphatic heterocycles. The topological polar surface area (TPSA) is 141 Å². The Hall–Kier alpha value is -5.02. The van der Waals surface area contributed by atoms with Crippen LogP contribution in [0.5, 0.6) is 11.8 Å². The Kier molecular flexibility index (Phi) is 11.0. The number of amides is 2. The number of fused-ring (bicyclic) bond motifs is 5. The maximum Gasteiger partial charge on any atom is 0.410 e. The molecule has 0 saturated carbocycles. The summed E-state index contributed by atoms with van der Waals surface area (Å²) in [5.41, 5.74) is 0.973. The Morgan fingerprint density at radius 1 is 1.05 bits per heavy atom. The molecule has 58 heavy (non-hydrogen) atoms. The number of benzene rings is 2. The van der Waals surface area contributed by atoms with E-state index in [9.17, 15) is 9.59 Å². The second-order valence-corrected chi connectivity index (χ2v) is 16.9. The number of alkyl carbamates (subject to hydrolysis) is 1. The zero-order valence-electron chi connectivity index (χ0n) is 34.3. The number of aryl methyl sites for hydroxylation is 1. The maximum atomic E-state index is 17.5. The molecule has 0 aliphatic carbocycles. The summed E-state index contributed by atoms with van der Waals surface area (Å²) in [5, 5.41) is 4.76. The van der Waals surface area contributed by atoms with Crippen LogP contribution in [-0.4, -0.2) is 120 Å². The zero-order valence-corrected chi connectivity index (χ0v) is 34.3. The highest BCUT2D eigenvalue weighted by Gasteiger charge is 2.50. The van der Waals surface area contributed by atoms with Crippen LogP contribution in [0.1, 0.15) is 71.8 Å². The molecule has 1 N–H and O–H groups in total. The second kappa shape index (κ2) is 16.0. The third-order valence-corrected chi connectivity index (χ3v) is 12.2. The molecule has 4 saturated heterocycles. The normalized spacial score (nSPS) is 23.1. The van der Waals surface area contributed by atoms with Crippen molar-refractivity contribution >= 4 is 39.7 Å². The third kappa shape index (κ3) is 7.54. The van der Waals surface area contributed by atoms with Gasteiger partial charge in [0.05, 0.1) is 23.0 Å². The molecule has 4 aromatic rings. The van der Waals surface area contributed by atoms with E-state index in [0.29, 0.717) is 48.8 Å². The highest BCUT2D eigenvalue weighted by molar-refractivity contribution is 6.01. The average molecular weight is 800 g/mol. The van der Waals surface area contributed by atoms with Crippen molar-refractivity contribution in [2.75, 3.05) is 58.7 Å². The monoisotopic (exact) mass is 799 g/mol. The van der Waals surface area contributed by atoms with E-state index in [0.717, 1.165) is 67.8 Å². The Morgan fingerprint density at radius 2 is 1.84 bits per heavy atom.